The normalized spacial score (nSPS) is 18.7. The van der Waals surface area contributed by atoms with Crippen LogP contribution in [0.4, 0.5) is 0 Å². The van der Waals surface area contributed by atoms with E-state index in [1.165, 1.54) is 39.2 Å². The van der Waals surface area contributed by atoms with Crippen molar-refractivity contribution in [3.8, 4) is 0 Å². The molecule has 1 atom stereocenters. The van der Waals surface area contributed by atoms with Crippen LogP contribution in [0.1, 0.15) is 70.6 Å². The van der Waals surface area contributed by atoms with Gasteiger partial charge in [-0.25, -0.2) is 0 Å². The molecule has 22 heavy (non-hydrogen) atoms. The van der Waals surface area contributed by atoms with Crippen molar-refractivity contribution in [3.05, 3.63) is 12.2 Å². The van der Waals surface area contributed by atoms with Crippen molar-refractivity contribution in [1.29, 1.82) is 0 Å². The Morgan fingerprint density at radius 3 is 2.64 bits per heavy atom. The minimum Gasteiger partial charge on any atom is -0.469 e. The summed E-state index contributed by atoms with van der Waals surface area (Å²) in [5.74, 6) is -0.0937. The quantitative estimate of drug-likeness (QED) is 0.305. The average molecular weight is 312 g/mol. The molecule has 0 amide bonds. The van der Waals surface area contributed by atoms with E-state index in [2.05, 4.69) is 16.9 Å². The molecule has 0 spiro atoms. The third-order valence-electron chi connectivity index (χ3n) is 3.87. The molecule has 1 heterocycles. The zero-order chi connectivity index (χ0) is 15.9. The van der Waals surface area contributed by atoms with Crippen LogP contribution in [0.25, 0.3) is 0 Å². The maximum Gasteiger partial charge on any atom is 0.305 e. The van der Waals surface area contributed by atoms with Gasteiger partial charge in [0.05, 0.1) is 13.7 Å². The fourth-order valence-electron chi connectivity index (χ4n) is 2.51. The monoisotopic (exact) mass is 312 g/mol. The van der Waals surface area contributed by atoms with Gasteiger partial charge in [-0.1, -0.05) is 31.4 Å². The van der Waals surface area contributed by atoms with Gasteiger partial charge in [-0.15, -0.1) is 0 Å². The number of hydrogen-bond acceptors (Lipinski definition) is 4. The predicted molar refractivity (Wildman–Crippen MR) is 87.6 cm³/mol. The summed E-state index contributed by atoms with van der Waals surface area (Å²) in [5.41, 5.74) is 0. The Morgan fingerprint density at radius 2 is 1.86 bits per heavy atom. The third kappa shape index (κ3) is 10.8. The Kier molecular flexibility index (Phi) is 12.0. The number of rotatable bonds is 12. The van der Waals surface area contributed by atoms with Crippen LogP contribution in [0, 0.1) is 0 Å². The number of allylic oxidation sites excluding steroid dienone is 1. The molecule has 1 rings (SSSR count). The van der Waals surface area contributed by atoms with Crippen LogP contribution < -0.4 is 0 Å². The predicted octanol–water partition coefficient (Wildman–Crippen LogP) is 4.38. The van der Waals surface area contributed by atoms with Gasteiger partial charge in [0.1, 0.15) is 0 Å². The summed E-state index contributed by atoms with van der Waals surface area (Å²) in [6, 6.07) is 0. The lowest BCUT2D eigenvalue weighted by Gasteiger charge is -2.22. The Balaban J connectivity index is 1.79. The fraction of sp³-hybridized carbons (Fsp3) is 0.833. The van der Waals surface area contributed by atoms with Crippen LogP contribution >= 0.6 is 0 Å². The van der Waals surface area contributed by atoms with E-state index in [0.717, 1.165) is 45.3 Å². The molecule has 0 N–H and O–H groups in total. The summed E-state index contributed by atoms with van der Waals surface area (Å²) in [6.45, 7) is 1.61. The van der Waals surface area contributed by atoms with E-state index in [-0.39, 0.29) is 12.3 Å². The second-order valence-electron chi connectivity index (χ2n) is 5.81. The number of esters is 1. The first-order chi connectivity index (χ1) is 10.8. The Bertz CT molecular complexity index is 295. The van der Waals surface area contributed by atoms with Crippen LogP contribution in [0.2, 0.25) is 0 Å². The van der Waals surface area contributed by atoms with Gasteiger partial charge in [0, 0.05) is 13.0 Å². The van der Waals surface area contributed by atoms with Gasteiger partial charge in [-0.3, -0.25) is 4.79 Å². The van der Waals surface area contributed by atoms with Crippen molar-refractivity contribution in [3.63, 3.8) is 0 Å². The Morgan fingerprint density at radius 1 is 1.09 bits per heavy atom. The summed E-state index contributed by atoms with van der Waals surface area (Å²) in [5, 5.41) is 0. The lowest BCUT2D eigenvalue weighted by atomic mass is 10.1. The molecule has 0 aliphatic carbocycles. The Hall–Kier alpha value is -0.870. The van der Waals surface area contributed by atoms with E-state index in [4.69, 9.17) is 9.47 Å². The van der Waals surface area contributed by atoms with E-state index in [9.17, 15) is 4.79 Å². The van der Waals surface area contributed by atoms with Gasteiger partial charge in [-0.2, -0.15) is 0 Å². The number of ether oxygens (including phenoxy) is 3. The van der Waals surface area contributed by atoms with Crippen LogP contribution in [0.5, 0.6) is 0 Å². The topological polar surface area (TPSA) is 44.8 Å². The maximum atomic E-state index is 10.9. The van der Waals surface area contributed by atoms with Crippen molar-refractivity contribution >= 4 is 5.97 Å². The lowest BCUT2D eigenvalue weighted by molar-refractivity contribution is -0.161. The molecule has 0 aromatic carbocycles. The van der Waals surface area contributed by atoms with Gasteiger partial charge >= 0.3 is 5.97 Å². The van der Waals surface area contributed by atoms with Gasteiger partial charge in [0.15, 0.2) is 6.29 Å². The molecule has 0 radical (unpaired) electrons. The largest absolute Gasteiger partial charge is 0.469 e. The van der Waals surface area contributed by atoms with Gasteiger partial charge < -0.3 is 14.2 Å². The highest BCUT2D eigenvalue weighted by atomic mass is 16.7. The van der Waals surface area contributed by atoms with Crippen LogP contribution in [0.3, 0.4) is 0 Å². The summed E-state index contributed by atoms with van der Waals surface area (Å²) >= 11 is 0. The summed E-state index contributed by atoms with van der Waals surface area (Å²) in [6.07, 6.45) is 16.3. The molecule has 4 heteroatoms. The molecule has 1 aliphatic rings. The van der Waals surface area contributed by atoms with E-state index in [1.54, 1.807) is 0 Å². The molecule has 0 aromatic rings. The van der Waals surface area contributed by atoms with E-state index >= 15 is 0 Å². The standard InChI is InChI=1S/C18H32O4/c1-20-17(19)13-9-7-5-3-2-4-6-8-11-15-21-18-14-10-12-16-22-18/h6,8,18H,2-5,7,9-16H2,1H3/b8-6-. The highest BCUT2D eigenvalue weighted by Crippen LogP contribution is 2.14. The number of carbonyl (C=O) groups excluding carboxylic acids is 1. The Labute approximate surface area is 135 Å². The average Bonchev–Trinajstić information content (AvgIpc) is 2.56. The summed E-state index contributed by atoms with van der Waals surface area (Å²) in [4.78, 5) is 10.9. The molecule has 1 unspecified atom stereocenters. The molecule has 0 bridgehead atoms. The highest BCUT2D eigenvalue weighted by molar-refractivity contribution is 5.68. The van der Waals surface area contributed by atoms with Crippen molar-refractivity contribution in [1.82, 2.24) is 0 Å². The number of unbranched alkanes of at least 4 members (excludes halogenated alkanes) is 5. The number of hydrogen-bond donors (Lipinski definition) is 0. The molecule has 128 valence electrons. The number of carbonyl (C=O) groups is 1. The zero-order valence-corrected chi connectivity index (χ0v) is 14.1. The molecule has 4 nitrogen and oxygen atoms in total. The minimum atomic E-state index is -0.0937. The van der Waals surface area contributed by atoms with Crippen molar-refractivity contribution in [2.45, 2.75) is 76.9 Å². The van der Waals surface area contributed by atoms with Crippen LogP contribution in [-0.4, -0.2) is 32.6 Å². The smallest absolute Gasteiger partial charge is 0.305 e. The summed E-state index contributed by atoms with van der Waals surface area (Å²) in [7, 11) is 1.45. The molecule has 0 aromatic heterocycles. The first kappa shape index (κ1) is 19.2. The first-order valence-electron chi connectivity index (χ1n) is 8.78. The van der Waals surface area contributed by atoms with Crippen molar-refractivity contribution < 1.29 is 19.0 Å². The molecule has 1 aliphatic heterocycles. The minimum absolute atomic E-state index is 0.0344. The molecular weight excluding hydrogens is 280 g/mol. The van der Waals surface area contributed by atoms with E-state index in [0.29, 0.717) is 6.42 Å². The van der Waals surface area contributed by atoms with Crippen molar-refractivity contribution in [2.24, 2.45) is 0 Å². The summed E-state index contributed by atoms with van der Waals surface area (Å²) < 4.78 is 15.8. The molecule has 1 saturated heterocycles. The SMILES string of the molecule is COC(=O)CCCCCCC/C=C\CCOC1CCCCO1. The van der Waals surface area contributed by atoms with Gasteiger partial charge in [0.25, 0.3) is 0 Å². The molecular formula is C18H32O4. The molecule has 1 fully saturated rings. The lowest BCUT2D eigenvalue weighted by Crippen LogP contribution is -2.22. The third-order valence-corrected chi connectivity index (χ3v) is 3.87. The second kappa shape index (κ2) is 13.8. The first-order valence-corrected chi connectivity index (χ1v) is 8.78. The van der Waals surface area contributed by atoms with E-state index < -0.39 is 0 Å². The van der Waals surface area contributed by atoms with Crippen LogP contribution in [0.15, 0.2) is 12.2 Å². The van der Waals surface area contributed by atoms with Crippen LogP contribution in [-0.2, 0) is 19.0 Å². The highest BCUT2D eigenvalue weighted by Gasteiger charge is 2.12. The second-order valence-corrected chi connectivity index (χ2v) is 5.81. The fourth-order valence-corrected chi connectivity index (χ4v) is 2.51. The zero-order valence-electron chi connectivity index (χ0n) is 14.1. The van der Waals surface area contributed by atoms with Gasteiger partial charge in [0.2, 0.25) is 0 Å². The van der Waals surface area contributed by atoms with Gasteiger partial charge in [-0.05, 0) is 44.9 Å². The molecule has 0 saturated carbocycles. The van der Waals surface area contributed by atoms with Crippen molar-refractivity contribution in [2.75, 3.05) is 20.3 Å². The maximum absolute atomic E-state index is 10.9. The number of methoxy groups -OCH3 is 1. The van der Waals surface area contributed by atoms with E-state index in [1.807, 2.05) is 0 Å².